The molecule has 2 unspecified atom stereocenters. The molecule has 0 radical (unpaired) electrons. The largest absolute Gasteiger partial charge is 0.330 e. The van der Waals surface area contributed by atoms with Gasteiger partial charge in [0.05, 0.1) is 0 Å². The van der Waals surface area contributed by atoms with E-state index >= 15 is 0 Å². The van der Waals surface area contributed by atoms with Crippen LogP contribution in [0, 0.1) is 0 Å². The lowest BCUT2D eigenvalue weighted by molar-refractivity contribution is 0.0414. The van der Waals surface area contributed by atoms with Gasteiger partial charge in [-0.25, -0.2) is 0 Å². The second kappa shape index (κ2) is 5.48. The second-order valence-electron chi connectivity index (χ2n) is 6.21. The van der Waals surface area contributed by atoms with Crippen molar-refractivity contribution in [2.45, 2.75) is 58.2 Å². The van der Waals surface area contributed by atoms with Gasteiger partial charge in [-0.05, 0) is 60.7 Å². The standard InChI is InChI=1S/C13H29N3/c1-11-7-9-15(5)10-12(6-8-14)16(11)13(2,3)4/h11-12H,6-10,14H2,1-5H3. The van der Waals surface area contributed by atoms with Crippen molar-refractivity contribution in [3.8, 4) is 0 Å². The number of hydrogen-bond donors (Lipinski definition) is 1. The Labute approximate surface area is 101 Å². The molecule has 96 valence electrons. The zero-order valence-electron chi connectivity index (χ0n) is 11.7. The summed E-state index contributed by atoms with van der Waals surface area (Å²) in [5, 5.41) is 0. The van der Waals surface area contributed by atoms with Gasteiger partial charge in [0.1, 0.15) is 0 Å². The van der Waals surface area contributed by atoms with Gasteiger partial charge in [-0.3, -0.25) is 4.90 Å². The van der Waals surface area contributed by atoms with Crippen LogP contribution in [0.25, 0.3) is 0 Å². The smallest absolute Gasteiger partial charge is 0.0243 e. The maximum atomic E-state index is 5.76. The topological polar surface area (TPSA) is 32.5 Å². The van der Waals surface area contributed by atoms with Crippen molar-refractivity contribution < 1.29 is 0 Å². The highest BCUT2D eigenvalue weighted by Gasteiger charge is 2.34. The van der Waals surface area contributed by atoms with Crippen LogP contribution in [0.2, 0.25) is 0 Å². The molecule has 1 aliphatic heterocycles. The van der Waals surface area contributed by atoms with E-state index in [9.17, 15) is 0 Å². The summed E-state index contributed by atoms with van der Waals surface area (Å²) >= 11 is 0. The van der Waals surface area contributed by atoms with E-state index < -0.39 is 0 Å². The Kier molecular flexibility index (Phi) is 4.77. The quantitative estimate of drug-likeness (QED) is 0.776. The minimum atomic E-state index is 0.241. The van der Waals surface area contributed by atoms with Crippen molar-refractivity contribution in [1.82, 2.24) is 9.80 Å². The van der Waals surface area contributed by atoms with Gasteiger partial charge >= 0.3 is 0 Å². The van der Waals surface area contributed by atoms with E-state index in [-0.39, 0.29) is 5.54 Å². The van der Waals surface area contributed by atoms with E-state index in [0.29, 0.717) is 12.1 Å². The first-order chi connectivity index (χ1) is 7.36. The molecule has 0 spiro atoms. The van der Waals surface area contributed by atoms with E-state index in [2.05, 4.69) is 44.5 Å². The third-order valence-electron chi connectivity index (χ3n) is 3.59. The molecule has 0 aliphatic carbocycles. The van der Waals surface area contributed by atoms with Gasteiger partial charge in [-0.1, -0.05) is 0 Å². The molecule has 1 saturated heterocycles. The van der Waals surface area contributed by atoms with Gasteiger partial charge in [0, 0.05) is 24.2 Å². The maximum absolute atomic E-state index is 5.76. The molecular formula is C13H29N3. The van der Waals surface area contributed by atoms with Crippen LogP contribution in [0.1, 0.15) is 40.5 Å². The first-order valence-electron chi connectivity index (χ1n) is 6.53. The Morgan fingerprint density at radius 2 is 1.94 bits per heavy atom. The molecule has 0 aromatic heterocycles. The lowest BCUT2D eigenvalue weighted by Gasteiger charge is -2.44. The maximum Gasteiger partial charge on any atom is 0.0243 e. The summed E-state index contributed by atoms with van der Waals surface area (Å²) in [5.74, 6) is 0. The molecule has 0 saturated carbocycles. The Hall–Kier alpha value is -0.120. The van der Waals surface area contributed by atoms with Crippen LogP contribution in [-0.2, 0) is 0 Å². The van der Waals surface area contributed by atoms with Crippen molar-refractivity contribution in [3.05, 3.63) is 0 Å². The SMILES string of the molecule is CC1CCN(C)CC(CCN)N1C(C)(C)C. The lowest BCUT2D eigenvalue weighted by Crippen LogP contribution is -2.54. The molecule has 1 aliphatic rings. The summed E-state index contributed by atoms with van der Waals surface area (Å²) in [6, 6.07) is 1.26. The van der Waals surface area contributed by atoms with Crippen molar-refractivity contribution in [2.75, 3.05) is 26.7 Å². The first-order valence-corrected chi connectivity index (χ1v) is 6.53. The van der Waals surface area contributed by atoms with Crippen LogP contribution in [-0.4, -0.2) is 54.1 Å². The molecule has 3 heteroatoms. The predicted molar refractivity (Wildman–Crippen MR) is 70.6 cm³/mol. The first kappa shape index (κ1) is 13.9. The van der Waals surface area contributed by atoms with Gasteiger partial charge in [0.2, 0.25) is 0 Å². The fourth-order valence-electron chi connectivity index (χ4n) is 3.08. The Morgan fingerprint density at radius 1 is 1.31 bits per heavy atom. The monoisotopic (exact) mass is 227 g/mol. The summed E-state index contributed by atoms with van der Waals surface area (Å²) in [7, 11) is 2.22. The van der Waals surface area contributed by atoms with Gasteiger partial charge < -0.3 is 10.6 Å². The van der Waals surface area contributed by atoms with Crippen molar-refractivity contribution in [2.24, 2.45) is 5.73 Å². The number of rotatable bonds is 2. The summed E-state index contributed by atoms with van der Waals surface area (Å²) in [4.78, 5) is 5.12. The van der Waals surface area contributed by atoms with Crippen molar-refractivity contribution in [1.29, 1.82) is 0 Å². The van der Waals surface area contributed by atoms with Gasteiger partial charge in [0.25, 0.3) is 0 Å². The number of nitrogens with two attached hydrogens (primary N) is 1. The van der Waals surface area contributed by atoms with Crippen molar-refractivity contribution >= 4 is 0 Å². The molecule has 0 aromatic carbocycles. The second-order valence-corrected chi connectivity index (χ2v) is 6.21. The predicted octanol–water partition coefficient (Wildman–Crippen LogP) is 1.53. The zero-order valence-corrected chi connectivity index (χ0v) is 11.7. The Morgan fingerprint density at radius 3 is 2.44 bits per heavy atom. The van der Waals surface area contributed by atoms with E-state index in [1.807, 2.05) is 0 Å². The third-order valence-corrected chi connectivity index (χ3v) is 3.59. The normalized spacial score (nSPS) is 30.4. The van der Waals surface area contributed by atoms with Crippen LogP contribution in [0.15, 0.2) is 0 Å². The highest BCUT2D eigenvalue weighted by molar-refractivity contribution is 4.91. The van der Waals surface area contributed by atoms with Gasteiger partial charge in [-0.2, -0.15) is 0 Å². The molecule has 1 heterocycles. The Balaban J connectivity index is 2.86. The summed E-state index contributed by atoms with van der Waals surface area (Å²) in [6.45, 7) is 12.5. The van der Waals surface area contributed by atoms with Crippen LogP contribution in [0.5, 0.6) is 0 Å². The van der Waals surface area contributed by atoms with Gasteiger partial charge in [-0.15, -0.1) is 0 Å². The molecule has 2 atom stereocenters. The fraction of sp³-hybridized carbons (Fsp3) is 1.00. The number of likely N-dealkylation sites (N-methyl/N-ethyl adjacent to an activating group) is 1. The summed E-state index contributed by atoms with van der Waals surface area (Å²) in [5.41, 5.74) is 6.00. The van der Waals surface area contributed by atoms with E-state index in [4.69, 9.17) is 5.73 Å². The molecule has 2 N–H and O–H groups in total. The molecule has 0 aromatic rings. The molecule has 1 rings (SSSR count). The van der Waals surface area contributed by atoms with Crippen LogP contribution in [0.3, 0.4) is 0 Å². The molecule has 3 nitrogen and oxygen atoms in total. The molecule has 0 amide bonds. The highest BCUT2D eigenvalue weighted by Crippen LogP contribution is 2.26. The molecule has 0 bridgehead atoms. The molecular weight excluding hydrogens is 198 g/mol. The van der Waals surface area contributed by atoms with E-state index in [0.717, 1.165) is 19.5 Å². The fourth-order valence-corrected chi connectivity index (χ4v) is 3.08. The van der Waals surface area contributed by atoms with Crippen LogP contribution >= 0.6 is 0 Å². The average molecular weight is 227 g/mol. The van der Waals surface area contributed by atoms with Gasteiger partial charge in [0.15, 0.2) is 0 Å². The molecule has 1 fully saturated rings. The summed E-state index contributed by atoms with van der Waals surface area (Å²) in [6.07, 6.45) is 2.36. The molecule has 16 heavy (non-hydrogen) atoms. The van der Waals surface area contributed by atoms with E-state index in [1.165, 1.54) is 13.0 Å². The minimum absolute atomic E-state index is 0.241. The van der Waals surface area contributed by atoms with Crippen LogP contribution in [0.4, 0.5) is 0 Å². The summed E-state index contributed by atoms with van der Waals surface area (Å²) < 4.78 is 0. The minimum Gasteiger partial charge on any atom is -0.330 e. The number of nitrogens with zero attached hydrogens (tertiary/aromatic N) is 2. The average Bonchev–Trinajstić information content (AvgIpc) is 2.25. The van der Waals surface area contributed by atoms with E-state index in [1.54, 1.807) is 0 Å². The zero-order chi connectivity index (χ0) is 12.3. The lowest BCUT2D eigenvalue weighted by atomic mass is 9.97. The Bertz CT molecular complexity index is 210. The third kappa shape index (κ3) is 3.44. The number of hydrogen-bond acceptors (Lipinski definition) is 3. The van der Waals surface area contributed by atoms with Crippen molar-refractivity contribution in [3.63, 3.8) is 0 Å². The van der Waals surface area contributed by atoms with Crippen LogP contribution < -0.4 is 5.73 Å². The highest BCUT2D eigenvalue weighted by atomic mass is 15.3.